The van der Waals surface area contributed by atoms with Gasteiger partial charge in [0.2, 0.25) is 5.88 Å². The number of methoxy groups -OCH3 is 1. The molecule has 34 heavy (non-hydrogen) atoms. The zero-order chi connectivity index (χ0) is 24.5. The fraction of sp³-hybridized carbons (Fsp3) is 0.167. The molecule has 0 fully saturated rings. The number of benzene rings is 1. The molecule has 0 spiro atoms. The van der Waals surface area contributed by atoms with E-state index in [-0.39, 0.29) is 17.5 Å². The maximum Gasteiger partial charge on any atom is 0.264 e. The molecule has 1 aromatic carbocycles. The third kappa shape index (κ3) is 4.70. The Hall–Kier alpha value is -3.97. The average molecular weight is 483 g/mol. The van der Waals surface area contributed by atoms with Crippen molar-refractivity contribution in [2.75, 3.05) is 11.8 Å². The second-order valence-electron chi connectivity index (χ2n) is 7.67. The summed E-state index contributed by atoms with van der Waals surface area (Å²) in [6.07, 6.45) is 5.01. The van der Waals surface area contributed by atoms with Gasteiger partial charge in [0, 0.05) is 35.5 Å². The molecular formula is C24H20F2N4O3S. The minimum absolute atomic E-state index is 0.00530. The van der Waals surface area contributed by atoms with Crippen LogP contribution in [-0.2, 0) is 10.0 Å². The van der Waals surface area contributed by atoms with Crippen LogP contribution in [0.2, 0.25) is 0 Å². The number of nitrogens with zero attached hydrogens (tertiary/aromatic N) is 3. The van der Waals surface area contributed by atoms with Crippen LogP contribution in [0.25, 0.3) is 16.8 Å². The average Bonchev–Trinajstić information content (AvgIpc) is 3.19. The maximum atomic E-state index is 14.1. The van der Waals surface area contributed by atoms with E-state index in [0.717, 1.165) is 12.1 Å². The molecule has 0 atom stereocenters. The molecule has 3 aromatic heterocycles. The summed E-state index contributed by atoms with van der Waals surface area (Å²) < 4.78 is 62.2. The minimum Gasteiger partial charge on any atom is -0.480 e. The summed E-state index contributed by atoms with van der Waals surface area (Å²) in [6.45, 7) is 3.98. The molecule has 10 heteroatoms. The van der Waals surface area contributed by atoms with E-state index < -0.39 is 26.6 Å². The lowest BCUT2D eigenvalue weighted by atomic mass is 10.1. The van der Waals surface area contributed by atoms with E-state index in [1.165, 1.54) is 19.4 Å². The van der Waals surface area contributed by atoms with Crippen LogP contribution >= 0.6 is 0 Å². The van der Waals surface area contributed by atoms with Gasteiger partial charge in [0.25, 0.3) is 10.0 Å². The Labute approximate surface area is 195 Å². The van der Waals surface area contributed by atoms with E-state index >= 15 is 0 Å². The number of hydrogen-bond acceptors (Lipinski definition) is 5. The van der Waals surface area contributed by atoms with Crippen molar-refractivity contribution in [2.45, 2.75) is 18.7 Å². The number of hydrogen-bond donors (Lipinski definition) is 1. The number of anilines is 1. The fourth-order valence-corrected chi connectivity index (χ4v) is 4.31. The Balaban J connectivity index is 1.75. The number of pyridine rings is 2. The summed E-state index contributed by atoms with van der Waals surface area (Å²) in [4.78, 5) is 7.83. The summed E-state index contributed by atoms with van der Waals surface area (Å²) in [5.41, 5.74) is 2.68. The van der Waals surface area contributed by atoms with Crippen LogP contribution in [0.5, 0.6) is 5.88 Å². The molecule has 4 aromatic rings. The number of sulfonamides is 1. The van der Waals surface area contributed by atoms with Gasteiger partial charge in [0.1, 0.15) is 33.6 Å². The molecule has 0 aliphatic heterocycles. The normalized spacial score (nSPS) is 11.4. The third-order valence-corrected chi connectivity index (χ3v) is 6.20. The molecule has 7 nitrogen and oxygen atoms in total. The Morgan fingerprint density at radius 2 is 1.85 bits per heavy atom. The van der Waals surface area contributed by atoms with Crippen LogP contribution in [-0.4, -0.2) is 29.9 Å². The highest BCUT2D eigenvalue weighted by atomic mass is 32.2. The fourth-order valence-electron chi connectivity index (χ4n) is 3.20. The Bertz CT molecular complexity index is 1550. The van der Waals surface area contributed by atoms with Crippen LogP contribution in [0.3, 0.4) is 0 Å². The van der Waals surface area contributed by atoms with Gasteiger partial charge in [-0.3, -0.25) is 9.12 Å². The first kappa shape index (κ1) is 23.2. The van der Waals surface area contributed by atoms with Gasteiger partial charge < -0.3 is 4.74 Å². The predicted octanol–water partition coefficient (Wildman–Crippen LogP) is 4.49. The van der Waals surface area contributed by atoms with Crippen LogP contribution in [0.1, 0.15) is 19.5 Å². The number of fused-ring (bicyclic) bond motifs is 1. The Kier molecular flexibility index (Phi) is 6.22. The minimum atomic E-state index is -4.39. The predicted molar refractivity (Wildman–Crippen MR) is 124 cm³/mol. The molecule has 3 heterocycles. The monoisotopic (exact) mass is 482 g/mol. The van der Waals surface area contributed by atoms with Crippen molar-refractivity contribution >= 4 is 21.4 Å². The first-order chi connectivity index (χ1) is 16.2. The van der Waals surface area contributed by atoms with E-state index in [1.54, 1.807) is 12.3 Å². The number of halogens is 2. The number of nitrogens with one attached hydrogen (secondary N) is 1. The summed E-state index contributed by atoms with van der Waals surface area (Å²) in [5.74, 6) is 4.28. The van der Waals surface area contributed by atoms with Crippen molar-refractivity contribution in [3.63, 3.8) is 0 Å². The number of rotatable bonds is 5. The van der Waals surface area contributed by atoms with Gasteiger partial charge in [-0.15, -0.1) is 0 Å². The Morgan fingerprint density at radius 1 is 1.06 bits per heavy atom. The van der Waals surface area contributed by atoms with Gasteiger partial charge in [0.15, 0.2) is 0 Å². The lowest BCUT2D eigenvalue weighted by molar-refractivity contribution is 0.400. The molecule has 0 aliphatic carbocycles. The van der Waals surface area contributed by atoms with E-state index in [1.807, 2.05) is 30.5 Å². The largest absolute Gasteiger partial charge is 0.480 e. The Morgan fingerprint density at radius 3 is 2.56 bits per heavy atom. The van der Waals surface area contributed by atoms with Crippen molar-refractivity contribution in [2.24, 2.45) is 5.92 Å². The first-order valence-electron chi connectivity index (χ1n) is 10.2. The SMILES string of the molecule is COc1ncc(-c2ccc3ncc(C#CC(C)C)n3c2)cc1NS(=O)(=O)c1ccc(F)cc1F. The maximum absolute atomic E-state index is 14.1. The van der Waals surface area contributed by atoms with Crippen molar-refractivity contribution < 1.29 is 21.9 Å². The quantitative estimate of drug-likeness (QED) is 0.424. The van der Waals surface area contributed by atoms with Gasteiger partial charge in [0.05, 0.1) is 13.3 Å². The van der Waals surface area contributed by atoms with Crippen LogP contribution in [0.15, 0.2) is 59.9 Å². The summed E-state index contributed by atoms with van der Waals surface area (Å²) in [7, 11) is -3.06. The highest BCUT2D eigenvalue weighted by Crippen LogP contribution is 2.31. The molecule has 0 bridgehead atoms. The summed E-state index contributed by atoms with van der Waals surface area (Å²) in [5, 5.41) is 0. The lowest BCUT2D eigenvalue weighted by Crippen LogP contribution is -2.15. The highest BCUT2D eigenvalue weighted by Gasteiger charge is 2.22. The highest BCUT2D eigenvalue weighted by molar-refractivity contribution is 7.92. The molecule has 174 valence electrons. The van der Waals surface area contributed by atoms with Gasteiger partial charge in [-0.25, -0.2) is 27.2 Å². The van der Waals surface area contributed by atoms with Gasteiger partial charge >= 0.3 is 0 Å². The zero-order valence-corrected chi connectivity index (χ0v) is 19.3. The van der Waals surface area contributed by atoms with E-state index in [4.69, 9.17) is 4.74 Å². The summed E-state index contributed by atoms with van der Waals surface area (Å²) >= 11 is 0. The third-order valence-electron chi connectivity index (χ3n) is 4.80. The molecule has 0 radical (unpaired) electrons. The van der Waals surface area contributed by atoms with Crippen LogP contribution in [0.4, 0.5) is 14.5 Å². The van der Waals surface area contributed by atoms with E-state index in [2.05, 4.69) is 26.5 Å². The van der Waals surface area contributed by atoms with E-state index in [0.29, 0.717) is 28.5 Å². The first-order valence-corrected chi connectivity index (χ1v) is 11.7. The van der Waals surface area contributed by atoms with E-state index in [9.17, 15) is 17.2 Å². The number of imidazole rings is 1. The van der Waals surface area contributed by atoms with Crippen molar-refractivity contribution in [1.82, 2.24) is 14.4 Å². The number of ether oxygens (including phenoxy) is 1. The molecule has 0 amide bonds. The van der Waals surface area contributed by atoms with Crippen LogP contribution < -0.4 is 9.46 Å². The zero-order valence-electron chi connectivity index (χ0n) is 18.5. The molecule has 1 N–H and O–H groups in total. The molecular weight excluding hydrogens is 462 g/mol. The second kappa shape index (κ2) is 9.11. The molecule has 0 unspecified atom stereocenters. The van der Waals surface area contributed by atoms with Crippen molar-refractivity contribution in [3.8, 4) is 28.8 Å². The topological polar surface area (TPSA) is 85.6 Å². The standard InChI is InChI=1S/C24H20F2N4O3S/c1-15(2)4-7-19-13-27-23-9-5-16(14-30(19)23)17-10-21(24(33-3)28-12-17)29-34(31,32)22-8-6-18(25)11-20(22)26/h5-6,8-15,29H,1-3H3. The molecule has 0 saturated carbocycles. The van der Waals surface area contributed by atoms with Crippen molar-refractivity contribution in [3.05, 3.63) is 72.3 Å². The van der Waals surface area contributed by atoms with Gasteiger partial charge in [-0.05, 0) is 36.3 Å². The molecule has 0 saturated heterocycles. The lowest BCUT2D eigenvalue weighted by Gasteiger charge is -2.13. The van der Waals surface area contributed by atoms with Crippen molar-refractivity contribution in [1.29, 1.82) is 0 Å². The van der Waals surface area contributed by atoms with Crippen LogP contribution in [0, 0.1) is 29.4 Å². The van der Waals surface area contributed by atoms with Gasteiger partial charge in [-0.1, -0.05) is 19.8 Å². The van der Waals surface area contributed by atoms with Gasteiger partial charge in [-0.2, -0.15) is 0 Å². The smallest absolute Gasteiger partial charge is 0.264 e. The molecule has 4 rings (SSSR count). The number of aromatic nitrogens is 3. The second-order valence-corrected chi connectivity index (χ2v) is 9.33. The summed E-state index contributed by atoms with van der Waals surface area (Å²) in [6, 6.07) is 7.34. The molecule has 0 aliphatic rings.